The Morgan fingerprint density at radius 1 is 1.48 bits per heavy atom. The van der Waals surface area contributed by atoms with Crippen molar-refractivity contribution in [2.45, 2.75) is 13.5 Å². The number of rotatable bonds is 6. The number of nitro groups is 1. The Labute approximate surface area is 120 Å². The molecule has 2 N–H and O–H groups in total. The highest BCUT2D eigenvalue weighted by atomic mass is 16.6. The van der Waals surface area contributed by atoms with Crippen LogP contribution in [0.1, 0.15) is 23.0 Å². The van der Waals surface area contributed by atoms with Crippen LogP contribution < -0.4 is 10.1 Å². The van der Waals surface area contributed by atoms with E-state index < -0.39 is 10.8 Å². The minimum Gasteiger partial charge on any atom is -0.494 e. The van der Waals surface area contributed by atoms with Crippen molar-refractivity contribution < 1.29 is 14.5 Å². The molecule has 21 heavy (non-hydrogen) atoms. The molecule has 0 unspecified atom stereocenters. The van der Waals surface area contributed by atoms with Gasteiger partial charge < -0.3 is 10.1 Å². The summed E-state index contributed by atoms with van der Waals surface area (Å²) in [6.45, 7) is 2.57. The van der Waals surface area contributed by atoms with E-state index in [1.165, 1.54) is 0 Å². The van der Waals surface area contributed by atoms with Gasteiger partial charge in [0, 0.05) is 12.1 Å². The lowest BCUT2D eigenvalue weighted by atomic mass is 10.2. The van der Waals surface area contributed by atoms with E-state index >= 15 is 0 Å². The molecule has 0 atom stereocenters. The van der Waals surface area contributed by atoms with Gasteiger partial charge in [0.25, 0.3) is 5.91 Å². The molecule has 0 aliphatic heterocycles. The molecule has 0 aliphatic rings. The number of ether oxygens (including phenoxy) is 1. The van der Waals surface area contributed by atoms with Gasteiger partial charge in [-0.3, -0.25) is 20.0 Å². The number of carbonyl (C=O) groups excluding carboxylic acids is 1. The predicted octanol–water partition coefficient (Wildman–Crippen LogP) is 1.65. The Morgan fingerprint density at radius 2 is 2.24 bits per heavy atom. The molecule has 2 rings (SSSR count). The fourth-order valence-electron chi connectivity index (χ4n) is 1.80. The molecule has 0 bridgehead atoms. The first-order chi connectivity index (χ1) is 10.1. The summed E-state index contributed by atoms with van der Waals surface area (Å²) in [4.78, 5) is 22.0. The third-order valence-corrected chi connectivity index (χ3v) is 2.75. The number of para-hydroxylation sites is 1. The summed E-state index contributed by atoms with van der Waals surface area (Å²) >= 11 is 0. The number of aromatic nitrogens is 2. The molecule has 2 aromatic rings. The smallest absolute Gasteiger partial charge is 0.319 e. The van der Waals surface area contributed by atoms with Crippen molar-refractivity contribution in [1.82, 2.24) is 15.5 Å². The van der Waals surface area contributed by atoms with Gasteiger partial charge in [-0.05, 0) is 13.0 Å². The molecule has 0 saturated heterocycles. The fourth-order valence-corrected chi connectivity index (χ4v) is 1.80. The van der Waals surface area contributed by atoms with E-state index in [4.69, 9.17) is 4.74 Å². The highest BCUT2D eigenvalue weighted by Crippen LogP contribution is 2.18. The normalized spacial score (nSPS) is 10.1. The zero-order valence-corrected chi connectivity index (χ0v) is 11.3. The predicted molar refractivity (Wildman–Crippen MR) is 74.0 cm³/mol. The molecule has 0 aliphatic carbocycles. The molecule has 1 aromatic carbocycles. The molecule has 1 amide bonds. The fraction of sp³-hybridized carbons (Fsp3) is 0.231. The van der Waals surface area contributed by atoms with Gasteiger partial charge in [-0.2, -0.15) is 5.10 Å². The summed E-state index contributed by atoms with van der Waals surface area (Å²) in [6.07, 6.45) is 1.00. The first-order valence-electron chi connectivity index (χ1n) is 6.30. The van der Waals surface area contributed by atoms with Crippen LogP contribution in [0.3, 0.4) is 0 Å². The lowest BCUT2D eigenvalue weighted by Crippen LogP contribution is -2.24. The van der Waals surface area contributed by atoms with Gasteiger partial charge in [-0.1, -0.05) is 18.2 Å². The summed E-state index contributed by atoms with van der Waals surface area (Å²) in [5, 5.41) is 19.2. The highest BCUT2D eigenvalue weighted by Gasteiger charge is 2.22. The molecule has 0 saturated carbocycles. The van der Waals surface area contributed by atoms with Crippen LogP contribution in [0.5, 0.6) is 5.75 Å². The average Bonchev–Trinajstić information content (AvgIpc) is 2.96. The summed E-state index contributed by atoms with van der Waals surface area (Å²) in [7, 11) is 0. The quantitative estimate of drug-likeness (QED) is 0.620. The minimum atomic E-state index is -0.660. The summed E-state index contributed by atoms with van der Waals surface area (Å²) < 4.78 is 5.44. The SMILES string of the molecule is CCOc1ccccc1CNC(=O)c1[nH]ncc1[N+](=O)[O-]. The van der Waals surface area contributed by atoms with Crippen molar-refractivity contribution in [3.8, 4) is 5.75 Å². The second-order valence-corrected chi connectivity index (χ2v) is 4.11. The maximum absolute atomic E-state index is 11.9. The molecule has 0 radical (unpaired) electrons. The first kappa shape index (κ1) is 14.5. The zero-order valence-electron chi connectivity index (χ0n) is 11.3. The second kappa shape index (κ2) is 6.51. The van der Waals surface area contributed by atoms with Crippen LogP contribution >= 0.6 is 0 Å². The van der Waals surface area contributed by atoms with Gasteiger partial charge in [0.2, 0.25) is 5.69 Å². The molecule has 8 heteroatoms. The Balaban J connectivity index is 2.08. The Morgan fingerprint density at radius 3 is 2.95 bits per heavy atom. The van der Waals surface area contributed by atoms with Gasteiger partial charge >= 0.3 is 5.69 Å². The van der Waals surface area contributed by atoms with Crippen molar-refractivity contribution >= 4 is 11.6 Å². The monoisotopic (exact) mass is 290 g/mol. The lowest BCUT2D eigenvalue weighted by molar-refractivity contribution is -0.385. The summed E-state index contributed by atoms with van der Waals surface area (Å²) in [5.74, 6) is 0.0740. The van der Waals surface area contributed by atoms with Gasteiger partial charge in [0.1, 0.15) is 11.9 Å². The maximum atomic E-state index is 11.9. The largest absolute Gasteiger partial charge is 0.494 e. The highest BCUT2D eigenvalue weighted by molar-refractivity contribution is 5.95. The van der Waals surface area contributed by atoms with Crippen molar-refractivity contribution in [2.75, 3.05) is 6.61 Å². The number of hydrogen-bond acceptors (Lipinski definition) is 5. The van der Waals surface area contributed by atoms with E-state index in [-0.39, 0.29) is 17.9 Å². The van der Waals surface area contributed by atoms with E-state index in [0.717, 1.165) is 11.8 Å². The summed E-state index contributed by atoms with van der Waals surface area (Å²) in [6, 6.07) is 7.26. The van der Waals surface area contributed by atoms with Crippen molar-refractivity contribution in [3.63, 3.8) is 0 Å². The van der Waals surface area contributed by atoms with E-state index in [2.05, 4.69) is 15.5 Å². The standard InChI is InChI=1S/C13H14N4O4/c1-2-21-11-6-4-3-5-9(11)7-14-13(18)12-10(17(19)20)8-15-16-12/h3-6,8H,2,7H2,1H3,(H,14,18)(H,15,16). The van der Waals surface area contributed by atoms with Gasteiger partial charge in [-0.25, -0.2) is 0 Å². The van der Waals surface area contributed by atoms with E-state index in [9.17, 15) is 14.9 Å². The van der Waals surface area contributed by atoms with Crippen LogP contribution in [0.4, 0.5) is 5.69 Å². The molecule has 0 fully saturated rings. The number of H-pyrrole nitrogens is 1. The molecule has 1 heterocycles. The van der Waals surface area contributed by atoms with Crippen molar-refractivity contribution in [1.29, 1.82) is 0 Å². The number of carbonyl (C=O) groups is 1. The van der Waals surface area contributed by atoms with Crippen LogP contribution in [0.25, 0.3) is 0 Å². The molecule has 1 aromatic heterocycles. The van der Waals surface area contributed by atoms with E-state index in [1.54, 1.807) is 6.07 Å². The van der Waals surface area contributed by atoms with Crippen LogP contribution in [0.2, 0.25) is 0 Å². The van der Waals surface area contributed by atoms with Crippen LogP contribution in [-0.2, 0) is 6.54 Å². The minimum absolute atomic E-state index is 0.172. The summed E-state index contributed by atoms with van der Waals surface area (Å²) in [5.41, 5.74) is 0.259. The lowest BCUT2D eigenvalue weighted by Gasteiger charge is -2.10. The van der Waals surface area contributed by atoms with Gasteiger partial charge in [0.15, 0.2) is 0 Å². The molecule has 8 nitrogen and oxygen atoms in total. The number of hydrogen-bond donors (Lipinski definition) is 2. The molecule has 110 valence electrons. The Bertz CT molecular complexity index is 653. The number of aromatic amines is 1. The van der Waals surface area contributed by atoms with Crippen LogP contribution in [0, 0.1) is 10.1 Å². The Hall–Kier alpha value is -2.90. The number of benzene rings is 1. The third-order valence-electron chi connectivity index (χ3n) is 2.75. The second-order valence-electron chi connectivity index (χ2n) is 4.11. The molecular formula is C13H14N4O4. The average molecular weight is 290 g/mol. The van der Waals surface area contributed by atoms with Gasteiger partial charge in [0.05, 0.1) is 11.5 Å². The number of amides is 1. The topological polar surface area (TPSA) is 110 Å². The van der Waals surface area contributed by atoms with Crippen molar-refractivity contribution in [2.24, 2.45) is 0 Å². The van der Waals surface area contributed by atoms with Crippen LogP contribution in [0.15, 0.2) is 30.5 Å². The molecule has 0 spiro atoms. The van der Waals surface area contributed by atoms with E-state index in [1.807, 2.05) is 25.1 Å². The molecular weight excluding hydrogens is 276 g/mol. The Kier molecular flexibility index (Phi) is 4.50. The first-order valence-corrected chi connectivity index (χ1v) is 6.30. The number of nitrogens with zero attached hydrogens (tertiary/aromatic N) is 2. The van der Waals surface area contributed by atoms with E-state index in [0.29, 0.717) is 12.4 Å². The zero-order chi connectivity index (χ0) is 15.2. The third kappa shape index (κ3) is 3.35. The number of nitrogens with one attached hydrogen (secondary N) is 2. The van der Waals surface area contributed by atoms with Crippen LogP contribution in [-0.4, -0.2) is 27.6 Å². The maximum Gasteiger partial charge on any atom is 0.319 e. The van der Waals surface area contributed by atoms with Crippen molar-refractivity contribution in [3.05, 3.63) is 51.8 Å². The van der Waals surface area contributed by atoms with Gasteiger partial charge in [-0.15, -0.1) is 0 Å².